The van der Waals surface area contributed by atoms with Crippen molar-refractivity contribution in [1.82, 2.24) is 9.97 Å². The van der Waals surface area contributed by atoms with Crippen molar-refractivity contribution in [2.45, 2.75) is 45.4 Å². The first-order valence-corrected chi connectivity index (χ1v) is 5.92. The second kappa shape index (κ2) is 8.21. The van der Waals surface area contributed by atoms with Crippen LogP contribution in [0.3, 0.4) is 0 Å². The highest BCUT2D eigenvalue weighted by Gasteiger charge is 1.92. The smallest absolute Gasteiger partial charge is 0.115 e. The summed E-state index contributed by atoms with van der Waals surface area (Å²) < 4.78 is 0. The molecule has 3 nitrogen and oxygen atoms in total. The molecule has 0 saturated carbocycles. The third kappa shape index (κ3) is 6.05. The lowest BCUT2D eigenvalue weighted by Crippen LogP contribution is -2.01. The Morgan fingerprint density at radius 3 is 2.40 bits per heavy atom. The first-order valence-electron chi connectivity index (χ1n) is 5.92. The van der Waals surface area contributed by atoms with E-state index in [1.54, 1.807) is 6.33 Å². The average Bonchev–Trinajstić information content (AvgIpc) is 2.29. The van der Waals surface area contributed by atoms with Gasteiger partial charge in [0.2, 0.25) is 0 Å². The first kappa shape index (κ1) is 12.0. The van der Waals surface area contributed by atoms with Gasteiger partial charge < -0.3 is 5.32 Å². The molecule has 1 heterocycles. The molecule has 0 amide bonds. The molecular formula is C12H21N3. The Morgan fingerprint density at radius 1 is 1.00 bits per heavy atom. The van der Waals surface area contributed by atoms with Gasteiger partial charge in [0.15, 0.2) is 0 Å². The summed E-state index contributed by atoms with van der Waals surface area (Å²) in [4.78, 5) is 7.90. The summed E-state index contributed by atoms with van der Waals surface area (Å²) in [6, 6.07) is 0. The SMILES string of the molecule is CCCCCCCCNc1cncnc1. The molecule has 0 aliphatic carbocycles. The van der Waals surface area contributed by atoms with Crippen molar-refractivity contribution >= 4 is 5.69 Å². The second-order valence-electron chi connectivity index (χ2n) is 3.82. The van der Waals surface area contributed by atoms with Gasteiger partial charge in [-0.2, -0.15) is 0 Å². The number of hydrogen-bond acceptors (Lipinski definition) is 3. The molecule has 0 saturated heterocycles. The van der Waals surface area contributed by atoms with E-state index in [0.717, 1.165) is 12.2 Å². The second-order valence-corrected chi connectivity index (χ2v) is 3.82. The van der Waals surface area contributed by atoms with Crippen LogP contribution in [-0.2, 0) is 0 Å². The number of hydrogen-bond donors (Lipinski definition) is 1. The van der Waals surface area contributed by atoms with Gasteiger partial charge in [-0.05, 0) is 6.42 Å². The fourth-order valence-electron chi connectivity index (χ4n) is 1.53. The van der Waals surface area contributed by atoms with Crippen molar-refractivity contribution in [3.05, 3.63) is 18.7 Å². The van der Waals surface area contributed by atoms with Crippen molar-refractivity contribution in [3.8, 4) is 0 Å². The molecule has 0 unspecified atom stereocenters. The predicted octanol–water partition coefficient (Wildman–Crippen LogP) is 3.25. The van der Waals surface area contributed by atoms with E-state index in [1.807, 2.05) is 12.4 Å². The highest BCUT2D eigenvalue weighted by atomic mass is 14.9. The Labute approximate surface area is 92.3 Å². The Balaban J connectivity index is 1.93. The molecular weight excluding hydrogens is 186 g/mol. The van der Waals surface area contributed by atoms with E-state index in [4.69, 9.17) is 0 Å². The number of unbranched alkanes of at least 4 members (excludes halogenated alkanes) is 5. The van der Waals surface area contributed by atoms with Crippen molar-refractivity contribution < 1.29 is 0 Å². The van der Waals surface area contributed by atoms with Gasteiger partial charge in [0.05, 0.1) is 18.1 Å². The van der Waals surface area contributed by atoms with Crippen LogP contribution in [0.5, 0.6) is 0 Å². The topological polar surface area (TPSA) is 37.8 Å². The molecule has 0 radical (unpaired) electrons. The molecule has 0 bridgehead atoms. The Hall–Kier alpha value is -1.12. The largest absolute Gasteiger partial charge is 0.383 e. The predicted molar refractivity (Wildman–Crippen MR) is 63.9 cm³/mol. The monoisotopic (exact) mass is 207 g/mol. The minimum Gasteiger partial charge on any atom is -0.383 e. The summed E-state index contributed by atoms with van der Waals surface area (Å²) in [6.45, 7) is 3.27. The maximum absolute atomic E-state index is 3.95. The lowest BCUT2D eigenvalue weighted by molar-refractivity contribution is 0.617. The molecule has 1 N–H and O–H groups in total. The third-order valence-corrected chi connectivity index (χ3v) is 2.42. The van der Waals surface area contributed by atoms with Crippen molar-refractivity contribution in [2.75, 3.05) is 11.9 Å². The van der Waals surface area contributed by atoms with Crippen LogP contribution in [0.2, 0.25) is 0 Å². The Bertz CT molecular complexity index is 236. The van der Waals surface area contributed by atoms with Gasteiger partial charge in [-0.1, -0.05) is 39.0 Å². The molecule has 0 aliphatic rings. The third-order valence-electron chi connectivity index (χ3n) is 2.42. The van der Waals surface area contributed by atoms with Crippen molar-refractivity contribution in [2.24, 2.45) is 0 Å². The van der Waals surface area contributed by atoms with E-state index in [0.29, 0.717) is 0 Å². The average molecular weight is 207 g/mol. The van der Waals surface area contributed by atoms with Gasteiger partial charge in [-0.25, -0.2) is 9.97 Å². The molecule has 1 aromatic heterocycles. The van der Waals surface area contributed by atoms with Gasteiger partial charge in [0.25, 0.3) is 0 Å². The number of anilines is 1. The Kier molecular flexibility index (Phi) is 6.54. The number of nitrogens with zero attached hydrogens (tertiary/aromatic N) is 2. The maximum Gasteiger partial charge on any atom is 0.115 e. The van der Waals surface area contributed by atoms with E-state index in [-0.39, 0.29) is 0 Å². The molecule has 1 aromatic rings. The normalized spacial score (nSPS) is 10.2. The van der Waals surface area contributed by atoms with Gasteiger partial charge in [0.1, 0.15) is 6.33 Å². The zero-order chi connectivity index (χ0) is 10.8. The minimum atomic E-state index is 1.02. The zero-order valence-corrected chi connectivity index (χ0v) is 9.58. The van der Waals surface area contributed by atoms with Gasteiger partial charge >= 0.3 is 0 Å². The first-order chi connectivity index (χ1) is 7.43. The van der Waals surface area contributed by atoms with Crippen LogP contribution >= 0.6 is 0 Å². The van der Waals surface area contributed by atoms with Crippen LogP contribution in [0.25, 0.3) is 0 Å². The van der Waals surface area contributed by atoms with Crippen LogP contribution in [0.4, 0.5) is 5.69 Å². The quantitative estimate of drug-likeness (QED) is 0.665. The lowest BCUT2D eigenvalue weighted by Gasteiger charge is -2.04. The van der Waals surface area contributed by atoms with E-state index in [9.17, 15) is 0 Å². The molecule has 0 atom stereocenters. The van der Waals surface area contributed by atoms with E-state index >= 15 is 0 Å². The fraction of sp³-hybridized carbons (Fsp3) is 0.667. The lowest BCUT2D eigenvalue weighted by atomic mass is 10.1. The summed E-state index contributed by atoms with van der Waals surface area (Å²) in [6.07, 6.45) is 13.2. The van der Waals surface area contributed by atoms with Gasteiger partial charge in [0, 0.05) is 6.54 Å². The summed E-state index contributed by atoms with van der Waals surface area (Å²) in [5.41, 5.74) is 1.02. The summed E-state index contributed by atoms with van der Waals surface area (Å²) in [5.74, 6) is 0. The van der Waals surface area contributed by atoms with Crippen molar-refractivity contribution in [3.63, 3.8) is 0 Å². The molecule has 0 spiro atoms. The van der Waals surface area contributed by atoms with E-state index in [1.165, 1.54) is 38.5 Å². The van der Waals surface area contributed by atoms with Crippen LogP contribution in [0.1, 0.15) is 45.4 Å². The fourth-order valence-corrected chi connectivity index (χ4v) is 1.53. The summed E-state index contributed by atoms with van der Waals surface area (Å²) in [7, 11) is 0. The molecule has 84 valence electrons. The van der Waals surface area contributed by atoms with Gasteiger partial charge in [-0.3, -0.25) is 0 Å². The molecule has 0 aromatic carbocycles. The molecule has 15 heavy (non-hydrogen) atoms. The molecule has 0 aliphatic heterocycles. The van der Waals surface area contributed by atoms with E-state index < -0.39 is 0 Å². The number of aromatic nitrogens is 2. The summed E-state index contributed by atoms with van der Waals surface area (Å²) >= 11 is 0. The zero-order valence-electron chi connectivity index (χ0n) is 9.58. The minimum absolute atomic E-state index is 1.02. The van der Waals surface area contributed by atoms with Crippen molar-refractivity contribution in [1.29, 1.82) is 0 Å². The molecule has 0 fully saturated rings. The van der Waals surface area contributed by atoms with Crippen LogP contribution in [0, 0.1) is 0 Å². The highest BCUT2D eigenvalue weighted by molar-refractivity contribution is 5.36. The molecule has 3 heteroatoms. The van der Waals surface area contributed by atoms with Gasteiger partial charge in [-0.15, -0.1) is 0 Å². The van der Waals surface area contributed by atoms with Crippen LogP contribution in [0.15, 0.2) is 18.7 Å². The highest BCUT2D eigenvalue weighted by Crippen LogP contribution is 2.06. The standard InChI is InChI=1S/C12H21N3/c1-2-3-4-5-6-7-8-15-12-9-13-11-14-10-12/h9-11,15H,2-8H2,1H3. The van der Waals surface area contributed by atoms with E-state index in [2.05, 4.69) is 22.2 Å². The molecule has 1 rings (SSSR count). The number of rotatable bonds is 8. The number of nitrogens with one attached hydrogen (secondary N) is 1. The Morgan fingerprint density at radius 2 is 1.67 bits per heavy atom. The van der Waals surface area contributed by atoms with Crippen LogP contribution < -0.4 is 5.32 Å². The maximum atomic E-state index is 3.95. The summed E-state index contributed by atoms with van der Waals surface area (Å²) in [5, 5.41) is 3.31. The van der Waals surface area contributed by atoms with Crippen LogP contribution in [-0.4, -0.2) is 16.5 Å².